The Labute approximate surface area is 112 Å². The molecule has 0 bridgehead atoms. The fraction of sp³-hybridized carbons (Fsp3) is 0.615. The Morgan fingerprint density at radius 2 is 2.11 bits per heavy atom. The van der Waals surface area contributed by atoms with Crippen molar-refractivity contribution < 1.29 is 9.90 Å². The number of hydrogen-bond donors (Lipinski definition) is 3. The van der Waals surface area contributed by atoms with Crippen LogP contribution in [0.4, 0.5) is 4.79 Å². The van der Waals surface area contributed by atoms with E-state index in [1.165, 1.54) is 0 Å². The second kappa shape index (κ2) is 6.47. The van der Waals surface area contributed by atoms with E-state index in [-0.39, 0.29) is 12.0 Å². The number of aromatic nitrogens is 2. The summed E-state index contributed by atoms with van der Waals surface area (Å²) in [6.07, 6.45) is 5.28. The van der Waals surface area contributed by atoms with Crippen molar-refractivity contribution in [2.45, 2.75) is 32.2 Å². The highest BCUT2D eigenvalue weighted by Crippen LogP contribution is 2.26. The standard InChI is InChI=1S/C13H20N4O2/c1-2-9-7-15-12(16-8-9)11(17-13(18)19)10-3-5-14-6-4-10/h7-8,10-11,14,17H,2-6H2,1H3,(H,18,19). The van der Waals surface area contributed by atoms with Gasteiger partial charge in [-0.1, -0.05) is 6.92 Å². The third kappa shape index (κ3) is 3.64. The highest BCUT2D eigenvalue weighted by Gasteiger charge is 2.28. The average molecular weight is 264 g/mol. The van der Waals surface area contributed by atoms with Crippen LogP contribution in [0.2, 0.25) is 0 Å². The van der Waals surface area contributed by atoms with E-state index in [2.05, 4.69) is 20.6 Å². The van der Waals surface area contributed by atoms with Gasteiger partial charge < -0.3 is 15.7 Å². The largest absolute Gasteiger partial charge is 0.465 e. The van der Waals surface area contributed by atoms with Crippen molar-refractivity contribution in [3.63, 3.8) is 0 Å². The number of nitrogens with one attached hydrogen (secondary N) is 2. The van der Waals surface area contributed by atoms with Gasteiger partial charge in [0.25, 0.3) is 0 Å². The normalized spacial score (nSPS) is 17.9. The zero-order valence-corrected chi connectivity index (χ0v) is 11.1. The van der Waals surface area contributed by atoms with E-state index in [0.29, 0.717) is 5.82 Å². The van der Waals surface area contributed by atoms with Gasteiger partial charge in [-0.05, 0) is 43.8 Å². The van der Waals surface area contributed by atoms with Gasteiger partial charge in [0.2, 0.25) is 0 Å². The van der Waals surface area contributed by atoms with E-state index in [1.54, 1.807) is 12.4 Å². The number of hydrogen-bond acceptors (Lipinski definition) is 4. The molecule has 0 radical (unpaired) electrons. The maximum Gasteiger partial charge on any atom is 0.405 e. The highest BCUT2D eigenvalue weighted by atomic mass is 16.4. The molecule has 104 valence electrons. The number of carbonyl (C=O) groups is 1. The van der Waals surface area contributed by atoms with Crippen molar-refractivity contribution in [3.05, 3.63) is 23.8 Å². The average Bonchev–Trinajstić information content (AvgIpc) is 2.46. The van der Waals surface area contributed by atoms with Gasteiger partial charge in [-0.25, -0.2) is 14.8 Å². The molecule has 1 saturated heterocycles. The molecule has 1 aromatic heterocycles. The van der Waals surface area contributed by atoms with Gasteiger partial charge in [0.05, 0.1) is 6.04 Å². The van der Waals surface area contributed by atoms with E-state index in [0.717, 1.165) is 37.9 Å². The monoisotopic (exact) mass is 264 g/mol. The quantitative estimate of drug-likeness (QED) is 0.764. The number of amides is 1. The van der Waals surface area contributed by atoms with E-state index in [4.69, 9.17) is 5.11 Å². The van der Waals surface area contributed by atoms with Crippen molar-refractivity contribution in [3.8, 4) is 0 Å². The molecule has 3 N–H and O–H groups in total. The molecule has 1 unspecified atom stereocenters. The molecule has 2 heterocycles. The molecule has 2 rings (SSSR count). The van der Waals surface area contributed by atoms with Crippen molar-refractivity contribution in [2.24, 2.45) is 5.92 Å². The summed E-state index contributed by atoms with van der Waals surface area (Å²) in [6.45, 7) is 3.86. The lowest BCUT2D eigenvalue weighted by molar-refractivity contribution is 0.178. The summed E-state index contributed by atoms with van der Waals surface area (Å²) in [5, 5.41) is 14.8. The molecule has 0 saturated carbocycles. The summed E-state index contributed by atoms with van der Waals surface area (Å²) < 4.78 is 0. The molecular formula is C13H20N4O2. The maximum absolute atomic E-state index is 11.0. The van der Waals surface area contributed by atoms with E-state index in [9.17, 15) is 4.79 Å². The van der Waals surface area contributed by atoms with Crippen molar-refractivity contribution in [2.75, 3.05) is 13.1 Å². The molecule has 0 spiro atoms. The van der Waals surface area contributed by atoms with E-state index >= 15 is 0 Å². The molecule has 1 atom stereocenters. The summed E-state index contributed by atoms with van der Waals surface area (Å²) in [5.74, 6) is 0.830. The number of aryl methyl sites for hydroxylation is 1. The molecule has 0 aliphatic carbocycles. The first kappa shape index (κ1) is 13.7. The maximum atomic E-state index is 11.0. The molecule has 0 aromatic carbocycles. The third-order valence-corrected chi connectivity index (χ3v) is 3.55. The van der Waals surface area contributed by atoms with E-state index in [1.807, 2.05) is 6.92 Å². The molecule has 1 amide bonds. The molecular weight excluding hydrogens is 244 g/mol. The molecule has 6 nitrogen and oxygen atoms in total. The van der Waals surface area contributed by atoms with Gasteiger partial charge in [0.15, 0.2) is 5.82 Å². The Balaban J connectivity index is 2.17. The lowest BCUT2D eigenvalue weighted by Gasteiger charge is -2.29. The Morgan fingerprint density at radius 3 is 2.63 bits per heavy atom. The van der Waals surface area contributed by atoms with E-state index < -0.39 is 6.09 Å². The summed E-state index contributed by atoms with van der Waals surface area (Å²) in [7, 11) is 0. The Kier molecular flexibility index (Phi) is 4.68. The van der Waals surface area contributed by atoms with Crippen LogP contribution >= 0.6 is 0 Å². The van der Waals surface area contributed by atoms with Crippen LogP contribution in [0.5, 0.6) is 0 Å². The van der Waals surface area contributed by atoms with Crippen LogP contribution in [0.15, 0.2) is 12.4 Å². The van der Waals surface area contributed by atoms with Crippen LogP contribution < -0.4 is 10.6 Å². The number of rotatable bonds is 4. The molecule has 1 aliphatic rings. The highest BCUT2D eigenvalue weighted by molar-refractivity contribution is 5.65. The number of piperidine rings is 1. The van der Waals surface area contributed by atoms with Gasteiger partial charge in [-0.3, -0.25) is 0 Å². The summed E-state index contributed by atoms with van der Waals surface area (Å²) >= 11 is 0. The van der Waals surface area contributed by atoms with Crippen LogP contribution in [0.1, 0.15) is 37.2 Å². The fourth-order valence-electron chi connectivity index (χ4n) is 2.41. The van der Waals surface area contributed by atoms with Crippen LogP contribution in [-0.4, -0.2) is 34.3 Å². The van der Waals surface area contributed by atoms with Crippen LogP contribution in [0.3, 0.4) is 0 Å². The molecule has 6 heteroatoms. The number of carboxylic acid groups (broad SMARTS) is 1. The zero-order valence-electron chi connectivity index (χ0n) is 11.1. The van der Waals surface area contributed by atoms with Crippen LogP contribution in [-0.2, 0) is 6.42 Å². The molecule has 19 heavy (non-hydrogen) atoms. The van der Waals surface area contributed by atoms with Crippen LogP contribution in [0, 0.1) is 5.92 Å². The minimum absolute atomic E-state index is 0.254. The predicted molar refractivity (Wildman–Crippen MR) is 70.9 cm³/mol. The molecule has 1 fully saturated rings. The first-order valence-electron chi connectivity index (χ1n) is 6.71. The lowest BCUT2D eigenvalue weighted by atomic mass is 9.89. The first-order valence-corrected chi connectivity index (χ1v) is 6.71. The Hall–Kier alpha value is -1.69. The van der Waals surface area contributed by atoms with Crippen molar-refractivity contribution in [1.82, 2.24) is 20.6 Å². The first-order chi connectivity index (χ1) is 9.20. The van der Waals surface area contributed by atoms with Gasteiger partial charge in [-0.2, -0.15) is 0 Å². The van der Waals surface area contributed by atoms with Gasteiger partial charge in [0, 0.05) is 12.4 Å². The molecule has 1 aliphatic heterocycles. The second-order valence-electron chi connectivity index (χ2n) is 4.82. The summed E-state index contributed by atoms with van der Waals surface area (Å²) in [4.78, 5) is 19.6. The van der Waals surface area contributed by atoms with Gasteiger partial charge >= 0.3 is 6.09 Å². The smallest absolute Gasteiger partial charge is 0.405 e. The third-order valence-electron chi connectivity index (χ3n) is 3.55. The summed E-state index contributed by atoms with van der Waals surface area (Å²) in [5.41, 5.74) is 1.06. The molecule has 1 aromatic rings. The topological polar surface area (TPSA) is 87.1 Å². The van der Waals surface area contributed by atoms with Crippen molar-refractivity contribution >= 4 is 6.09 Å². The predicted octanol–water partition coefficient (Wildman–Crippen LogP) is 1.35. The van der Waals surface area contributed by atoms with Crippen LogP contribution in [0.25, 0.3) is 0 Å². The SMILES string of the molecule is CCc1cnc(C(NC(=O)O)C2CCNCC2)nc1. The van der Waals surface area contributed by atoms with Gasteiger partial charge in [0.1, 0.15) is 0 Å². The zero-order chi connectivity index (χ0) is 13.7. The lowest BCUT2D eigenvalue weighted by Crippen LogP contribution is -2.39. The fourth-order valence-corrected chi connectivity index (χ4v) is 2.41. The minimum atomic E-state index is -1.02. The second-order valence-corrected chi connectivity index (χ2v) is 4.82. The Morgan fingerprint density at radius 1 is 1.47 bits per heavy atom. The van der Waals surface area contributed by atoms with Gasteiger partial charge in [-0.15, -0.1) is 0 Å². The summed E-state index contributed by atoms with van der Waals surface area (Å²) in [6, 6.07) is -0.314. The Bertz CT molecular complexity index is 415. The van der Waals surface area contributed by atoms with Crippen molar-refractivity contribution in [1.29, 1.82) is 0 Å². The minimum Gasteiger partial charge on any atom is -0.465 e. The number of nitrogens with zero attached hydrogens (tertiary/aromatic N) is 2.